The molecule has 0 fully saturated rings. The number of methoxy groups -OCH3 is 8. The van der Waals surface area contributed by atoms with Crippen LogP contribution in [-0.2, 0) is 0 Å². The van der Waals surface area contributed by atoms with E-state index in [4.69, 9.17) is 47.4 Å². The van der Waals surface area contributed by atoms with E-state index in [1.807, 2.05) is 109 Å². The van der Waals surface area contributed by atoms with Gasteiger partial charge in [0.15, 0.2) is 46.0 Å². The third kappa shape index (κ3) is 10.3. The minimum atomic E-state index is 0.227. The van der Waals surface area contributed by atoms with Gasteiger partial charge in [-0.05, 0) is 84.9 Å². The van der Waals surface area contributed by atoms with Crippen LogP contribution in [0.5, 0.6) is 57.5 Å². The van der Waals surface area contributed by atoms with Crippen LogP contribution in [-0.4, -0.2) is 70.1 Å². The van der Waals surface area contributed by atoms with E-state index in [2.05, 4.69) is 21.3 Å². The summed E-state index contributed by atoms with van der Waals surface area (Å²) >= 11 is 0. The summed E-state index contributed by atoms with van der Waals surface area (Å²) < 4.78 is 56.6. The molecule has 314 valence electrons. The van der Waals surface area contributed by atoms with Crippen molar-refractivity contribution < 1.29 is 47.4 Å². The normalized spacial score (nSPS) is 10.5. The van der Waals surface area contributed by atoms with Gasteiger partial charge in [-0.15, -0.1) is 0 Å². The maximum absolute atomic E-state index is 6.37. The Bertz CT molecular complexity index is 2210. The van der Waals surface area contributed by atoms with Crippen molar-refractivity contribution in [2.45, 2.75) is 0 Å². The lowest BCUT2D eigenvalue weighted by Gasteiger charge is -2.19. The highest BCUT2D eigenvalue weighted by Crippen LogP contribution is 2.39. The van der Waals surface area contributed by atoms with E-state index in [0.717, 1.165) is 34.1 Å². The fourth-order valence-electron chi connectivity index (χ4n) is 6.27. The van der Waals surface area contributed by atoms with Gasteiger partial charge in [0.2, 0.25) is 0 Å². The van der Waals surface area contributed by atoms with Gasteiger partial charge in [0.1, 0.15) is 24.7 Å². The third-order valence-electron chi connectivity index (χ3n) is 9.23. The second-order valence-corrected chi connectivity index (χ2v) is 12.9. The summed E-state index contributed by atoms with van der Waals surface area (Å²) in [6.45, 7) is 0.453. The van der Waals surface area contributed by atoms with Crippen LogP contribution < -0.4 is 68.6 Å². The van der Waals surface area contributed by atoms with Crippen LogP contribution >= 0.6 is 0 Å². The minimum Gasteiger partial charge on any atom is -0.493 e. The van der Waals surface area contributed by atoms with Gasteiger partial charge in [-0.1, -0.05) is 0 Å². The monoisotopic (exact) mass is 818 g/mol. The van der Waals surface area contributed by atoms with Crippen molar-refractivity contribution in [3.63, 3.8) is 0 Å². The molecule has 14 heteroatoms. The molecule has 14 nitrogen and oxygen atoms in total. The van der Waals surface area contributed by atoms with Crippen molar-refractivity contribution in [3.8, 4) is 57.5 Å². The molecule has 6 aromatic rings. The van der Waals surface area contributed by atoms with Gasteiger partial charge < -0.3 is 68.6 Å². The van der Waals surface area contributed by atoms with Gasteiger partial charge in [-0.3, -0.25) is 0 Å². The lowest BCUT2D eigenvalue weighted by Crippen LogP contribution is -2.11. The summed E-state index contributed by atoms with van der Waals surface area (Å²) in [5, 5.41) is 13.8. The molecule has 4 N–H and O–H groups in total. The largest absolute Gasteiger partial charge is 0.493 e. The van der Waals surface area contributed by atoms with E-state index in [9.17, 15) is 0 Å². The van der Waals surface area contributed by atoms with Gasteiger partial charge in [0.25, 0.3) is 0 Å². The number of rotatable bonds is 21. The van der Waals surface area contributed by atoms with Crippen molar-refractivity contribution in [1.29, 1.82) is 0 Å². The predicted octanol–water partition coefficient (Wildman–Crippen LogP) is 10.2. The Morgan fingerprint density at radius 1 is 0.267 bits per heavy atom. The van der Waals surface area contributed by atoms with Crippen molar-refractivity contribution in [2.75, 3.05) is 91.4 Å². The van der Waals surface area contributed by atoms with Crippen LogP contribution in [0.1, 0.15) is 0 Å². The standard InChI is InChI=1S/C46H50N4O10/c1-51-39-17-11-31(25-43(39)55-5)47-29-9-15-37(35(23-29)49-33-13-19-41(53-3)45(27-33)57-7)59-21-22-60-38-16-10-30(48-32-12-18-40(52-2)44(26-32)56-6)24-36(38)50-34-14-20-42(54-4)46(28-34)58-8/h9-20,23-28,47-50H,21-22H2,1-8H3. The molecule has 0 bridgehead atoms. The smallest absolute Gasteiger partial charge is 0.162 e. The SMILES string of the molecule is COc1ccc(Nc2ccc(OCCOc3ccc(Nc4ccc(OC)c(OC)c4)cc3Nc3ccc(OC)c(OC)c3)c(Nc3ccc(OC)c(OC)c3)c2)cc1OC. The molecule has 0 aliphatic heterocycles. The summed E-state index contributed by atoms with van der Waals surface area (Å²) in [5.74, 6) is 6.09. The Hall–Kier alpha value is -7.48. The second-order valence-electron chi connectivity index (χ2n) is 12.9. The van der Waals surface area contributed by atoms with Crippen LogP contribution in [0, 0.1) is 0 Å². The van der Waals surface area contributed by atoms with Crippen LogP contribution in [0.25, 0.3) is 0 Å². The number of ether oxygens (including phenoxy) is 10. The molecular weight excluding hydrogens is 769 g/mol. The van der Waals surface area contributed by atoms with Gasteiger partial charge in [0.05, 0.1) is 68.3 Å². The third-order valence-corrected chi connectivity index (χ3v) is 9.23. The first-order valence-corrected chi connectivity index (χ1v) is 18.8. The highest BCUT2D eigenvalue weighted by atomic mass is 16.5. The molecule has 0 saturated heterocycles. The van der Waals surface area contributed by atoms with Crippen LogP contribution in [0.3, 0.4) is 0 Å². The molecular formula is C46H50N4O10. The Morgan fingerprint density at radius 3 is 0.767 bits per heavy atom. The highest BCUT2D eigenvalue weighted by molar-refractivity contribution is 5.76. The summed E-state index contributed by atoms with van der Waals surface area (Å²) in [6, 6.07) is 34.0. The first-order chi connectivity index (χ1) is 29.3. The Kier molecular flexibility index (Phi) is 14.2. The predicted molar refractivity (Wildman–Crippen MR) is 235 cm³/mol. The van der Waals surface area contributed by atoms with E-state index in [1.54, 1.807) is 56.9 Å². The molecule has 60 heavy (non-hydrogen) atoms. The summed E-state index contributed by atoms with van der Waals surface area (Å²) in [5.41, 5.74) is 6.18. The average molecular weight is 819 g/mol. The zero-order chi connectivity index (χ0) is 42.4. The maximum atomic E-state index is 6.37. The highest BCUT2D eigenvalue weighted by Gasteiger charge is 2.14. The maximum Gasteiger partial charge on any atom is 0.162 e. The molecule has 6 rings (SSSR count). The molecule has 0 amide bonds. The van der Waals surface area contributed by atoms with E-state index in [0.29, 0.717) is 68.9 Å². The summed E-state index contributed by atoms with van der Waals surface area (Å²) in [6.07, 6.45) is 0. The lowest BCUT2D eigenvalue weighted by atomic mass is 10.2. The van der Waals surface area contributed by atoms with Gasteiger partial charge in [-0.2, -0.15) is 0 Å². The molecule has 6 aromatic carbocycles. The molecule has 0 spiro atoms. The van der Waals surface area contributed by atoms with Crippen molar-refractivity contribution in [1.82, 2.24) is 0 Å². The molecule has 0 saturated carbocycles. The van der Waals surface area contributed by atoms with E-state index < -0.39 is 0 Å². The quantitative estimate of drug-likeness (QED) is 0.0512. The van der Waals surface area contributed by atoms with Crippen molar-refractivity contribution in [2.24, 2.45) is 0 Å². The molecule has 0 heterocycles. The molecule has 0 aliphatic rings. The zero-order valence-electron chi connectivity index (χ0n) is 34.9. The summed E-state index contributed by atoms with van der Waals surface area (Å²) in [4.78, 5) is 0. The fraction of sp³-hybridized carbons (Fsp3) is 0.217. The van der Waals surface area contributed by atoms with E-state index >= 15 is 0 Å². The molecule has 0 aliphatic carbocycles. The number of benzene rings is 6. The number of hydrogen-bond acceptors (Lipinski definition) is 14. The number of hydrogen-bond donors (Lipinski definition) is 4. The first kappa shape index (κ1) is 42.1. The van der Waals surface area contributed by atoms with Crippen LogP contribution in [0.4, 0.5) is 45.5 Å². The van der Waals surface area contributed by atoms with Crippen molar-refractivity contribution in [3.05, 3.63) is 109 Å². The second kappa shape index (κ2) is 20.3. The summed E-state index contributed by atoms with van der Waals surface area (Å²) in [7, 11) is 12.8. The van der Waals surface area contributed by atoms with Crippen LogP contribution in [0.2, 0.25) is 0 Å². The fourth-order valence-corrected chi connectivity index (χ4v) is 6.27. The van der Waals surface area contributed by atoms with Gasteiger partial charge >= 0.3 is 0 Å². The van der Waals surface area contributed by atoms with Gasteiger partial charge in [-0.25, -0.2) is 0 Å². The first-order valence-electron chi connectivity index (χ1n) is 18.8. The molecule has 0 unspecified atom stereocenters. The van der Waals surface area contributed by atoms with E-state index in [1.165, 1.54) is 0 Å². The topological polar surface area (TPSA) is 140 Å². The molecule has 0 radical (unpaired) electrons. The zero-order valence-corrected chi connectivity index (χ0v) is 34.9. The Labute approximate surface area is 350 Å². The Balaban J connectivity index is 1.23. The number of nitrogens with one attached hydrogen (secondary N) is 4. The van der Waals surface area contributed by atoms with E-state index in [-0.39, 0.29) is 13.2 Å². The van der Waals surface area contributed by atoms with Crippen molar-refractivity contribution >= 4 is 45.5 Å². The molecule has 0 aromatic heterocycles. The lowest BCUT2D eigenvalue weighted by molar-refractivity contribution is 0.218. The Morgan fingerprint density at radius 2 is 0.500 bits per heavy atom. The minimum absolute atomic E-state index is 0.227. The van der Waals surface area contributed by atoms with Gasteiger partial charge in [0, 0.05) is 58.4 Å². The average Bonchev–Trinajstić information content (AvgIpc) is 3.28. The molecule has 0 atom stereocenters. The number of anilines is 8. The van der Waals surface area contributed by atoms with Crippen LogP contribution in [0.15, 0.2) is 109 Å².